The number of methoxy groups -OCH3 is 1. The summed E-state index contributed by atoms with van der Waals surface area (Å²) in [5.74, 6) is 0.515. The highest BCUT2D eigenvalue weighted by molar-refractivity contribution is 9.10. The Bertz CT molecular complexity index is 551. The molecule has 1 N–H and O–H groups in total. The third-order valence-corrected chi connectivity index (χ3v) is 3.24. The Labute approximate surface area is 118 Å². The number of carbonyl (C=O) groups excluding carboxylic acids is 1. The average molecular weight is 323 g/mol. The number of nitrogens with one attached hydrogen (secondary N) is 1. The van der Waals surface area contributed by atoms with Crippen LogP contribution in [0.15, 0.2) is 39.6 Å². The molecule has 1 aliphatic heterocycles. The van der Waals surface area contributed by atoms with Crippen molar-refractivity contribution in [1.29, 1.82) is 0 Å². The van der Waals surface area contributed by atoms with Gasteiger partial charge in [0.15, 0.2) is 0 Å². The number of rotatable bonds is 3. The summed E-state index contributed by atoms with van der Waals surface area (Å²) in [4.78, 5) is 10.8. The lowest BCUT2D eigenvalue weighted by molar-refractivity contribution is -0.119. The van der Waals surface area contributed by atoms with Crippen LogP contribution >= 0.6 is 15.9 Å². The second-order valence-electron chi connectivity index (χ2n) is 3.64. The number of hydrogen-bond acceptors (Lipinski definition) is 5. The van der Waals surface area contributed by atoms with Crippen molar-refractivity contribution in [3.05, 3.63) is 29.8 Å². The van der Waals surface area contributed by atoms with Crippen LogP contribution in [-0.4, -0.2) is 36.0 Å². The van der Waals surface area contributed by atoms with Crippen LogP contribution in [0.2, 0.25) is 0 Å². The third-order valence-electron chi connectivity index (χ3n) is 2.36. The fraction of sp³-hybridized carbons (Fsp3) is 0.167. The van der Waals surface area contributed by atoms with E-state index >= 15 is 0 Å². The molecule has 0 bridgehead atoms. The molecule has 1 amide bonds. The van der Waals surface area contributed by atoms with Crippen LogP contribution in [0.4, 0.5) is 0 Å². The van der Waals surface area contributed by atoms with Gasteiger partial charge in [-0.1, -0.05) is 15.9 Å². The van der Waals surface area contributed by atoms with Crippen molar-refractivity contribution >= 4 is 40.0 Å². The summed E-state index contributed by atoms with van der Waals surface area (Å²) in [6, 6.07) is 7.38. The summed E-state index contributed by atoms with van der Waals surface area (Å²) in [6.45, 7) is 0. The molecule has 1 heterocycles. The summed E-state index contributed by atoms with van der Waals surface area (Å²) >= 11 is 3.20. The Balaban J connectivity index is 2.08. The molecule has 19 heavy (non-hydrogen) atoms. The fourth-order valence-electron chi connectivity index (χ4n) is 1.35. The maximum atomic E-state index is 11.3. The first kappa shape index (κ1) is 13.4. The van der Waals surface area contributed by atoms with Gasteiger partial charge in [-0.2, -0.15) is 15.3 Å². The minimum absolute atomic E-state index is 0.263. The Morgan fingerprint density at radius 2 is 2.16 bits per heavy atom. The molecular weight excluding hydrogens is 312 g/mol. The van der Waals surface area contributed by atoms with Crippen molar-refractivity contribution in [3.8, 4) is 5.75 Å². The Morgan fingerprint density at radius 3 is 2.84 bits per heavy atom. The normalized spacial score (nSPS) is 20.8. The van der Waals surface area contributed by atoms with Crippen LogP contribution in [0, 0.1) is 0 Å². The minimum atomic E-state index is -0.530. The molecule has 98 valence electrons. The van der Waals surface area contributed by atoms with Crippen LogP contribution in [-0.2, 0) is 4.79 Å². The van der Waals surface area contributed by atoms with Crippen LogP contribution in [0.25, 0.3) is 0 Å². The maximum absolute atomic E-state index is 11.3. The third kappa shape index (κ3) is 3.47. The fourth-order valence-corrected chi connectivity index (χ4v) is 1.66. The number of hydrazone groups is 1. The quantitative estimate of drug-likeness (QED) is 0.518. The number of carbonyl (C=O) groups is 1. The van der Waals surface area contributed by atoms with E-state index in [1.165, 1.54) is 6.21 Å². The monoisotopic (exact) mass is 322 g/mol. The molecule has 1 unspecified atom stereocenters. The first-order valence-corrected chi connectivity index (χ1v) is 6.34. The van der Waals surface area contributed by atoms with Gasteiger partial charge < -0.3 is 4.74 Å². The molecule has 7 heteroatoms. The highest BCUT2D eigenvalue weighted by Crippen LogP contribution is 2.10. The maximum Gasteiger partial charge on any atom is 0.260 e. The van der Waals surface area contributed by atoms with Gasteiger partial charge in [-0.15, -0.1) is 0 Å². The number of ether oxygens (including phenoxy) is 1. The van der Waals surface area contributed by atoms with Gasteiger partial charge in [0.1, 0.15) is 16.3 Å². The number of nitrogens with zero attached hydrogens (tertiary/aromatic N) is 3. The highest BCUT2D eigenvalue weighted by Gasteiger charge is 2.23. The molecule has 0 spiro atoms. The van der Waals surface area contributed by atoms with E-state index in [-0.39, 0.29) is 5.91 Å². The van der Waals surface area contributed by atoms with Crippen LogP contribution < -0.4 is 10.2 Å². The number of hydrogen-bond donors (Lipinski definition) is 1. The van der Waals surface area contributed by atoms with Crippen molar-refractivity contribution < 1.29 is 9.53 Å². The highest BCUT2D eigenvalue weighted by atomic mass is 79.9. The largest absolute Gasteiger partial charge is 0.497 e. The number of alkyl halides is 1. The van der Waals surface area contributed by atoms with E-state index in [1.54, 1.807) is 13.3 Å². The average Bonchev–Trinajstić information content (AvgIpc) is 2.44. The van der Waals surface area contributed by atoms with Gasteiger partial charge >= 0.3 is 0 Å². The molecular formula is C12H11BrN4O2. The van der Waals surface area contributed by atoms with Gasteiger partial charge in [-0.3, -0.25) is 4.79 Å². The second kappa shape index (κ2) is 6.24. The lowest BCUT2D eigenvalue weighted by Gasteiger charge is -2.10. The van der Waals surface area contributed by atoms with Gasteiger partial charge in [-0.25, -0.2) is 5.43 Å². The molecule has 0 radical (unpaired) electrons. The van der Waals surface area contributed by atoms with E-state index in [1.807, 2.05) is 24.3 Å². The minimum Gasteiger partial charge on any atom is -0.497 e. The van der Waals surface area contributed by atoms with E-state index in [2.05, 4.69) is 36.7 Å². The SMILES string of the molecule is COc1ccc(/C=N/N=C2/C=NNC(=O)C2Br)cc1. The van der Waals surface area contributed by atoms with Gasteiger partial charge in [0, 0.05) is 0 Å². The molecule has 1 aliphatic rings. The predicted octanol–water partition coefficient (Wildman–Crippen LogP) is 1.35. The Morgan fingerprint density at radius 1 is 1.42 bits per heavy atom. The van der Waals surface area contributed by atoms with Crippen molar-refractivity contribution in [2.75, 3.05) is 7.11 Å². The molecule has 1 atom stereocenters. The first-order chi connectivity index (χ1) is 9.20. The lowest BCUT2D eigenvalue weighted by atomic mass is 10.2. The Hall–Kier alpha value is -2.02. The molecule has 0 saturated carbocycles. The smallest absolute Gasteiger partial charge is 0.260 e. The van der Waals surface area contributed by atoms with E-state index < -0.39 is 4.83 Å². The number of amides is 1. The summed E-state index contributed by atoms with van der Waals surface area (Å²) in [6.07, 6.45) is 3.04. The second-order valence-corrected chi connectivity index (χ2v) is 4.56. The first-order valence-electron chi connectivity index (χ1n) is 5.42. The Kier molecular flexibility index (Phi) is 4.40. The van der Waals surface area contributed by atoms with Gasteiger partial charge in [-0.05, 0) is 29.8 Å². The molecule has 0 aromatic heterocycles. The van der Waals surface area contributed by atoms with E-state index in [0.29, 0.717) is 5.71 Å². The lowest BCUT2D eigenvalue weighted by Crippen LogP contribution is -2.38. The predicted molar refractivity (Wildman–Crippen MR) is 77.4 cm³/mol. The zero-order valence-corrected chi connectivity index (χ0v) is 11.7. The molecule has 2 rings (SSSR count). The topological polar surface area (TPSA) is 75.4 Å². The van der Waals surface area contributed by atoms with E-state index in [9.17, 15) is 4.79 Å². The number of benzene rings is 1. The zero-order chi connectivity index (χ0) is 13.7. The molecule has 1 aromatic carbocycles. The van der Waals surface area contributed by atoms with Crippen molar-refractivity contribution in [2.24, 2.45) is 15.3 Å². The van der Waals surface area contributed by atoms with Crippen LogP contribution in [0.1, 0.15) is 5.56 Å². The van der Waals surface area contributed by atoms with Gasteiger partial charge in [0.05, 0.1) is 19.5 Å². The molecule has 0 aliphatic carbocycles. The van der Waals surface area contributed by atoms with E-state index in [0.717, 1.165) is 11.3 Å². The molecule has 0 saturated heterocycles. The molecule has 0 fully saturated rings. The molecule has 6 nitrogen and oxygen atoms in total. The zero-order valence-electron chi connectivity index (χ0n) is 10.1. The van der Waals surface area contributed by atoms with Gasteiger partial charge in [0.2, 0.25) is 0 Å². The summed E-state index contributed by atoms with van der Waals surface area (Å²) in [5.41, 5.74) is 3.65. The summed E-state index contributed by atoms with van der Waals surface area (Å²) in [5, 5.41) is 11.5. The van der Waals surface area contributed by atoms with Crippen LogP contribution in [0.5, 0.6) is 5.75 Å². The van der Waals surface area contributed by atoms with Crippen molar-refractivity contribution in [1.82, 2.24) is 5.43 Å². The van der Waals surface area contributed by atoms with E-state index in [4.69, 9.17) is 4.74 Å². The molecule has 1 aromatic rings. The number of halogens is 1. The van der Waals surface area contributed by atoms with Gasteiger partial charge in [0.25, 0.3) is 5.91 Å². The van der Waals surface area contributed by atoms with Crippen molar-refractivity contribution in [2.45, 2.75) is 4.83 Å². The van der Waals surface area contributed by atoms with Crippen LogP contribution in [0.3, 0.4) is 0 Å². The van der Waals surface area contributed by atoms with Crippen molar-refractivity contribution in [3.63, 3.8) is 0 Å². The summed E-state index contributed by atoms with van der Waals surface area (Å²) in [7, 11) is 1.61. The summed E-state index contributed by atoms with van der Waals surface area (Å²) < 4.78 is 5.05. The standard InChI is InChI=1S/C12H11BrN4O2/c1-19-9-4-2-8(3-5-9)6-14-16-10-7-15-17-12(18)11(10)13/h2-7,11H,1H3,(H,17,18)/b14-6+,16-10-.